The second-order valence-electron chi connectivity index (χ2n) is 6.42. The molecule has 6 nitrogen and oxygen atoms in total. The molecule has 0 atom stereocenters. The average molecular weight is 322 g/mol. The number of piperazine rings is 1. The lowest BCUT2D eigenvalue weighted by Gasteiger charge is -2.35. The number of hydrogen-bond acceptors (Lipinski definition) is 5. The molecule has 0 spiro atoms. The van der Waals surface area contributed by atoms with Crippen molar-refractivity contribution in [3.05, 3.63) is 47.5 Å². The van der Waals surface area contributed by atoms with E-state index in [4.69, 9.17) is 4.98 Å². The molecular weight excluding hydrogens is 300 g/mol. The molecule has 3 heterocycles. The van der Waals surface area contributed by atoms with Crippen LogP contribution in [0.3, 0.4) is 0 Å². The fraction of sp³-hybridized carbons (Fsp3) is 0.389. The Labute approximate surface area is 141 Å². The monoisotopic (exact) mass is 322 g/mol. The van der Waals surface area contributed by atoms with Crippen LogP contribution in [0.2, 0.25) is 0 Å². The lowest BCUT2D eigenvalue weighted by Crippen LogP contribution is -2.46. The van der Waals surface area contributed by atoms with E-state index < -0.39 is 0 Å². The van der Waals surface area contributed by atoms with E-state index in [1.54, 1.807) is 0 Å². The average Bonchev–Trinajstić information content (AvgIpc) is 3.00. The van der Waals surface area contributed by atoms with Crippen LogP contribution in [0.15, 0.2) is 30.3 Å². The number of anilines is 1. The smallest absolute Gasteiger partial charge is 0.164 e. The number of aromatic nitrogens is 4. The number of aromatic amines is 1. The number of fused-ring (bicyclic) bond motifs is 1. The molecule has 2 aromatic heterocycles. The number of rotatable bonds is 3. The maximum absolute atomic E-state index is 4.89. The van der Waals surface area contributed by atoms with Crippen LogP contribution in [0.25, 0.3) is 10.9 Å². The summed E-state index contributed by atoms with van der Waals surface area (Å²) in [6, 6.07) is 10.6. The van der Waals surface area contributed by atoms with Gasteiger partial charge in [0.2, 0.25) is 0 Å². The standard InChI is InChI=1S/C18H22N6/c1-13-11-15-5-3-4-6-16(15)20-18(13)24-9-7-23(8-10-24)12-17-19-14(2)21-22-17/h3-6,11H,7-10,12H2,1-2H3,(H,19,21,22). The van der Waals surface area contributed by atoms with Gasteiger partial charge in [0.25, 0.3) is 0 Å². The fourth-order valence-electron chi connectivity index (χ4n) is 3.31. The van der Waals surface area contributed by atoms with E-state index in [2.05, 4.69) is 56.2 Å². The molecule has 0 aliphatic carbocycles. The molecule has 124 valence electrons. The molecule has 24 heavy (non-hydrogen) atoms. The lowest BCUT2D eigenvalue weighted by atomic mass is 10.1. The Bertz CT molecular complexity index is 848. The highest BCUT2D eigenvalue weighted by atomic mass is 15.3. The van der Waals surface area contributed by atoms with E-state index in [0.29, 0.717) is 0 Å². The number of benzene rings is 1. The molecule has 1 N–H and O–H groups in total. The summed E-state index contributed by atoms with van der Waals surface area (Å²) in [5.41, 5.74) is 2.31. The van der Waals surface area contributed by atoms with Gasteiger partial charge in [-0.3, -0.25) is 10.00 Å². The van der Waals surface area contributed by atoms with Crippen molar-refractivity contribution in [2.75, 3.05) is 31.1 Å². The normalized spacial score (nSPS) is 16.0. The van der Waals surface area contributed by atoms with Crippen molar-refractivity contribution in [3.8, 4) is 0 Å². The summed E-state index contributed by atoms with van der Waals surface area (Å²) < 4.78 is 0. The molecule has 4 rings (SSSR count). The van der Waals surface area contributed by atoms with Crippen LogP contribution < -0.4 is 4.90 Å². The molecule has 1 fully saturated rings. The van der Waals surface area contributed by atoms with Gasteiger partial charge >= 0.3 is 0 Å². The summed E-state index contributed by atoms with van der Waals surface area (Å²) in [4.78, 5) is 14.1. The van der Waals surface area contributed by atoms with Crippen molar-refractivity contribution < 1.29 is 0 Å². The van der Waals surface area contributed by atoms with Gasteiger partial charge in [-0.1, -0.05) is 18.2 Å². The number of hydrogen-bond donors (Lipinski definition) is 1. The maximum atomic E-state index is 4.89. The first-order valence-corrected chi connectivity index (χ1v) is 8.40. The summed E-state index contributed by atoms with van der Waals surface area (Å²) in [5.74, 6) is 2.86. The molecule has 1 aliphatic heterocycles. The Morgan fingerprint density at radius 2 is 1.83 bits per heavy atom. The number of nitrogens with one attached hydrogen (secondary N) is 1. The quantitative estimate of drug-likeness (QED) is 0.802. The number of H-pyrrole nitrogens is 1. The molecule has 0 radical (unpaired) electrons. The van der Waals surface area contributed by atoms with Gasteiger partial charge in [0.1, 0.15) is 11.6 Å². The second-order valence-corrected chi connectivity index (χ2v) is 6.42. The fourth-order valence-corrected chi connectivity index (χ4v) is 3.31. The zero-order valence-corrected chi connectivity index (χ0v) is 14.2. The second kappa shape index (κ2) is 6.20. The number of pyridine rings is 1. The highest BCUT2D eigenvalue weighted by molar-refractivity contribution is 5.81. The molecule has 0 unspecified atom stereocenters. The third-order valence-corrected chi connectivity index (χ3v) is 4.57. The molecule has 0 amide bonds. The van der Waals surface area contributed by atoms with Crippen LogP contribution in [-0.2, 0) is 6.54 Å². The highest BCUT2D eigenvalue weighted by Gasteiger charge is 2.20. The van der Waals surface area contributed by atoms with Crippen LogP contribution in [0.4, 0.5) is 5.82 Å². The van der Waals surface area contributed by atoms with Gasteiger partial charge in [-0.2, -0.15) is 5.10 Å². The van der Waals surface area contributed by atoms with Crippen molar-refractivity contribution in [2.24, 2.45) is 0 Å². The lowest BCUT2D eigenvalue weighted by molar-refractivity contribution is 0.243. The molecule has 1 aromatic carbocycles. The minimum absolute atomic E-state index is 0.808. The number of nitrogens with zero attached hydrogens (tertiary/aromatic N) is 5. The minimum Gasteiger partial charge on any atom is -0.354 e. The first-order valence-electron chi connectivity index (χ1n) is 8.40. The Morgan fingerprint density at radius 1 is 1.04 bits per heavy atom. The van der Waals surface area contributed by atoms with E-state index >= 15 is 0 Å². The molecule has 0 saturated carbocycles. The summed E-state index contributed by atoms with van der Waals surface area (Å²) in [5, 5.41) is 8.35. The van der Waals surface area contributed by atoms with Crippen molar-refractivity contribution in [2.45, 2.75) is 20.4 Å². The van der Waals surface area contributed by atoms with Gasteiger partial charge in [0, 0.05) is 31.6 Å². The van der Waals surface area contributed by atoms with Gasteiger partial charge < -0.3 is 4.90 Å². The van der Waals surface area contributed by atoms with Gasteiger partial charge in [-0.05, 0) is 31.5 Å². The first-order chi connectivity index (χ1) is 11.7. The summed E-state index contributed by atoms with van der Waals surface area (Å²) >= 11 is 0. The van der Waals surface area contributed by atoms with Gasteiger partial charge in [0.05, 0.1) is 12.1 Å². The van der Waals surface area contributed by atoms with Crippen LogP contribution in [0, 0.1) is 13.8 Å². The predicted octanol–water partition coefficient (Wildman–Crippen LogP) is 2.29. The maximum Gasteiger partial charge on any atom is 0.164 e. The molecule has 0 bridgehead atoms. The van der Waals surface area contributed by atoms with Gasteiger partial charge in [0.15, 0.2) is 5.82 Å². The number of para-hydroxylation sites is 1. The van der Waals surface area contributed by atoms with E-state index in [0.717, 1.165) is 55.7 Å². The Balaban J connectivity index is 1.46. The predicted molar refractivity (Wildman–Crippen MR) is 95.1 cm³/mol. The van der Waals surface area contributed by atoms with Crippen LogP contribution in [0.1, 0.15) is 17.2 Å². The SMILES string of the molecule is Cc1nc(CN2CCN(c3nc4ccccc4cc3C)CC2)n[nH]1. The van der Waals surface area contributed by atoms with Crippen LogP contribution in [-0.4, -0.2) is 51.2 Å². The zero-order valence-electron chi connectivity index (χ0n) is 14.2. The van der Waals surface area contributed by atoms with Gasteiger partial charge in [-0.15, -0.1) is 0 Å². The minimum atomic E-state index is 0.808. The van der Waals surface area contributed by atoms with Crippen molar-refractivity contribution in [1.82, 2.24) is 25.1 Å². The molecule has 1 aliphatic rings. The van der Waals surface area contributed by atoms with Crippen molar-refractivity contribution in [1.29, 1.82) is 0 Å². The summed E-state index contributed by atoms with van der Waals surface area (Å²) in [6.07, 6.45) is 0. The van der Waals surface area contributed by atoms with Gasteiger partial charge in [-0.25, -0.2) is 9.97 Å². The van der Waals surface area contributed by atoms with Crippen LogP contribution in [0.5, 0.6) is 0 Å². The number of aryl methyl sites for hydroxylation is 2. The van der Waals surface area contributed by atoms with E-state index in [-0.39, 0.29) is 0 Å². The summed E-state index contributed by atoms with van der Waals surface area (Å²) in [7, 11) is 0. The highest BCUT2D eigenvalue weighted by Crippen LogP contribution is 2.24. The topological polar surface area (TPSA) is 60.9 Å². The third kappa shape index (κ3) is 2.97. The zero-order chi connectivity index (χ0) is 16.5. The molecule has 6 heteroatoms. The molecule has 3 aromatic rings. The Kier molecular flexibility index (Phi) is 3.90. The molecular formula is C18H22N6. The Hall–Kier alpha value is -2.47. The summed E-state index contributed by atoms with van der Waals surface area (Å²) in [6.45, 7) is 8.86. The van der Waals surface area contributed by atoms with E-state index in [9.17, 15) is 0 Å². The first kappa shape index (κ1) is 15.1. The van der Waals surface area contributed by atoms with E-state index in [1.807, 2.05) is 13.0 Å². The van der Waals surface area contributed by atoms with Crippen molar-refractivity contribution >= 4 is 16.7 Å². The third-order valence-electron chi connectivity index (χ3n) is 4.57. The Morgan fingerprint density at radius 3 is 2.58 bits per heavy atom. The largest absolute Gasteiger partial charge is 0.354 e. The molecule has 1 saturated heterocycles. The van der Waals surface area contributed by atoms with E-state index in [1.165, 1.54) is 10.9 Å². The van der Waals surface area contributed by atoms with Crippen LogP contribution >= 0.6 is 0 Å². The van der Waals surface area contributed by atoms with Crippen molar-refractivity contribution in [3.63, 3.8) is 0 Å².